The maximum absolute atomic E-state index is 13.7. The third kappa shape index (κ3) is 2.77. The van der Waals surface area contributed by atoms with Gasteiger partial charge in [-0.15, -0.1) is 0 Å². The van der Waals surface area contributed by atoms with Crippen molar-refractivity contribution in [3.8, 4) is 0 Å². The summed E-state index contributed by atoms with van der Waals surface area (Å²) in [5.74, 6) is -2.94. The molecular formula is C15H13F2NO2. The fourth-order valence-electron chi connectivity index (χ4n) is 1.96. The van der Waals surface area contributed by atoms with Gasteiger partial charge >= 0.3 is 5.97 Å². The van der Waals surface area contributed by atoms with Gasteiger partial charge in [0.05, 0.1) is 11.6 Å². The Kier molecular flexibility index (Phi) is 3.98. The van der Waals surface area contributed by atoms with Gasteiger partial charge in [-0.1, -0.05) is 24.3 Å². The van der Waals surface area contributed by atoms with Crippen molar-refractivity contribution in [1.29, 1.82) is 0 Å². The van der Waals surface area contributed by atoms with Crippen molar-refractivity contribution in [2.24, 2.45) is 0 Å². The van der Waals surface area contributed by atoms with Crippen LogP contribution in [0.15, 0.2) is 42.5 Å². The predicted octanol–water partition coefficient (Wildman–Crippen LogP) is 3.84. The number of carboxylic acids is 1. The van der Waals surface area contributed by atoms with Gasteiger partial charge in [0.25, 0.3) is 0 Å². The molecule has 0 aromatic heterocycles. The molecule has 0 aliphatic carbocycles. The number of halogens is 2. The van der Waals surface area contributed by atoms with Crippen LogP contribution in [0.4, 0.5) is 14.5 Å². The minimum atomic E-state index is -1.08. The lowest BCUT2D eigenvalue weighted by atomic mass is 10.1. The molecule has 5 heteroatoms. The van der Waals surface area contributed by atoms with Crippen LogP contribution < -0.4 is 5.32 Å². The van der Waals surface area contributed by atoms with Crippen molar-refractivity contribution >= 4 is 11.7 Å². The van der Waals surface area contributed by atoms with Crippen molar-refractivity contribution in [3.63, 3.8) is 0 Å². The summed E-state index contributed by atoms with van der Waals surface area (Å²) in [6, 6.07) is 9.64. The molecule has 0 fully saturated rings. The summed E-state index contributed by atoms with van der Waals surface area (Å²) in [5.41, 5.74) is 0.581. The molecule has 1 unspecified atom stereocenters. The van der Waals surface area contributed by atoms with Crippen molar-refractivity contribution in [1.82, 2.24) is 0 Å². The maximum atomic E-state index is 13.7. The van der Waals surface area contributed by atoms with Gasteiger partial charge in [-0.25, -0.2) is 13.6 Å². The largest absolute Gasteiger partial charge is 0.478 e. The standard InChI is InChI=1S/C15H13F2NO2/c1-9(10-6-4-7-12(16)14(10)17)18-13-8-3-2-5-11(13)15(19)20/h2-9,18H,1H3,(H,19,20). The Bertz CT molecular complexity index is 644. The molecule has 0 bridgehead atoms. The number of carboxylic acid groups (broad SMARTS) is 1. The molecular weight excluding hydrogens is 264 g/mol. The molecule has 0 spiro atoms. The van der Waals surface area contributed by atoms with Gasteiger partial charge < -0.3 is 10.4 Å². The van der Waals surface area contributed by atoms with E-state index in [0.29, 0.717) is 5.69 Å². The van der Waals surface area contributed by atoms with Crippen molar-refractivity contribution in [2.75, 3.05) is 5.32 Å². The van der Waals surface area contributed by atoms with Gasteiger partial charge in [0, 0.05) is 11.3 Å². The molecule has 0 heterocycles. The van der Waals surface area contributed by atoms with E-state index in [1.807, 2.05) is 0 Å². The molecule has 0 radical (unpaired) electrons. The zero-order chi connectivity index (χ0) is 14.7. The zero-order valence-electron chi connectivity index (χ0n) is 10.7. The molecule has 1 atom stereocenters. The Morgan fingerprint density at radius 1 is 1.15 bits per heavy atom. The summed E-state index contributed by atoms with van der Waals surface area (Å²) in [6.45, 7) is 1.64. The quantitative estimate of drug-likeness (QED) is 0.892. The topological polar surface area (TPSA) is 49.3 Å². The van der Waals surface area contributed by atoms with Gasteiger partial charge in [-0.3, -0.25) is 0 Å². The van der Waals surface area contributed by atoms with Crippen LogP contribution in [0.5, 0.6) is 0 Å². The minimum absolute atomic E-state index is 0.0798. The second-order valence-corrected chi connectivity index (χ2v) is 4.36. The first kappa shape index (κ1) is 14.0. The van der Waals surface area contributed by atoms with Gasteiger partial charge in [-0.05, 0) is 25.1 Å². The molecule has 3 nitrogen and oxygen atoms in total. The van der Waals surface area contributed by atoms with Crippen LogP contribution >= 0.6 is 0 Å². The number of anilines is 1. The van der Waals surface area contributed by atoms with Crippen LogP contribution in [0.25, 0.3) is 0 Å². The lowest BCUT2D eigenvalue weighted by molar-refractivity contribution is 0.0698. The third-order valence-corrected chi connectivity index (χ3v) is 2.98. The van der Waals surface area contributed by atoms with Gasteiger partial charge in [0.15, 0.2) is 11.6 Å². The molecule has 0 aliphatic heterocycles. The summed E-state index contributed by atoms with van der Waals surface area (Å²) < 4.78 is 26.9. The van der Waals surface area contributed by atoms with E-state index in [-0.39, 0.29) is 11.1 Å². The predicted molar refractivity (Wildman–Crippen MR) is 71.8 cm³/mol. The van der Waals surface area contributed by atoms with E-state index < -0.39 is 23.6 Å². The van der Waals surface area contributed by atoms with Crippen molar-refractivity contribution in [2.45, 2.75) is 13.0 Å². The lowest BCUT2D eigenvalue weighted by Crippen LogP contribution is -2.12. The average molecular weight is 277 g/mol. The Balaban J connectivity index is 2.30. The number of carbonyl (C=O) groups is 1. The molecule has 0 aliphatic rings. The van der Waals surface area contributed by atoms with Crippen molar-refractivity contribution < 1.29 is 18.7 Å². The average Bonchev–Trinajstić information content (AvgIpc) is 2.42. The van der Waals surface area contributed by atoms with Gasteiger partial charge in [-0.2, -0.15) is 0 Å². The lowest BCUT2D eigenvalue weighted by Gasteiger charge is -2.18. The van der Waals surface area contributed by atoms with E-state index in [2.05, 4.69) is 5.32 Å². The monoisotopic (exact) mass is 277 g/mol. The van der Waals surface area contributed by atoms with Crippen molar-refractivity contribution in [3.05, 3.63) is 65.2 Å². The maximum Gasteiger partial charge on any atom is 0.337 e. The first-order valence-electron chi connectivity index (χ1n) is 6.03. The first-order valence-corrected chi connectivity index (χ1v) is 6.03. The molecule has 2 aromatic carbocycles. The number of rotatable bonds is 4. The second kappa shape index (κ2) is 5.69. The van der Waals surface area contributed by atoms with E-state index in [1.165, 1.54) is 18.2 Å². The van der Waals surface area contributed by atoms with Crippen LogP contribution in [0.3, 0.4) is 0 Å². The molecule has 0 saturated heterocycles. The van der Waals surface area contributed by atoms with Gasteiger partial charge in [0.1, 0.15) is 0 Å². The van der Waals surface area contributed by atoms with E-state index in [0.717, 1.165) is 6.07 Å². The summed E-state index contributed by atoms with van der Waals surface area (Å²) in [5, 5.41) is 12.0. The Hall–Kier alpha value is -2.43. The number of benzene rings is 2. The fourth-order valence-corrected chi connectivity index (χ4v) is 1.96. The van der Waals surface area contributed by atoms with E-state index in [4.69, 9.17) is 5.11 Å². The Labute approximate surface area is 114 Å². The second-order valence-electron chi connectivity index (χ2n) is 4.36. The first-order chi connectivity index (χ1) is 9.50. The highest BCUT2D eigenvalue weighted by Crippen LogP contribution is 2.25. The van der Waals surface area contributed by atoms with Gasteiger partial charge in [0.2, 0.25) is 0 Å². The molecule has 0 amide bonds. The van der Waals surface area contributed by atoms with E-state index in [9.17, 15) is 13.6 Å². The smallest absolute Gasteiger partial charge is 0.337 e. The molecule has 20 heavy (non-hydrogen) atoms. The SMILES string of the molecule is CC(Nc1ccccc1C(=O)O)c1cccc(F)c1F. The van der Waals surface area contributed by atoms with Crippen LogP contribution in [0, 0.1) is 11.6 Å². The number of hydrogen-bond donors (Lipinski definition) is 2. The zero-order valence-corrected chi connectivity index (χ0v) is 10.7. The summed E-state index contributed by atoms with van der Waals surface area (Å²) in [6.07, 6.45) is 0. The van der Waals surface area contributed by atoms with Crippen LogP contribution in [0.1, 0.15) is 28.9 Å². The highest BCUT2D eigenvalue weighted by Gasteiger charge is 2.16. The van der Waals surface area contributed by atoms with E-state index >= 15 is 0 Å². The summed E-state index contributed by atoms with van der Waals surface area (Å²) >= 11 is 0. The van der Waals surface area contributed by atoms with E-state index in [1.54, 1.807) is 25.1 Å². The number of nitrogens with one attached hydrogen (secondary N) is 1. The summed E-state index contributed by atoms with van der Waals surface area (Å²) in [4.78, 5) is 11.1. The summed E-state index contributed by atoms with van der Waals surface area (Å²) in [7, 11) is 0. The normalized spacial score (nSPS) is 11.9. The fraction of sp³-hybridized carbons (Fsp3) is 0.133. The molecule has 2 N–H and O–H groups in total. The third-order valence-electron chi connectivity index (χ3n) is 2.98. The molecule has 104 valence electrons. The van der Waals surface area contributed by atoms with Crippen LogP contribution in [-0.4, -0.2) is 11.1 Å². The minimum Gasteiger partial charge on any atom is -0.478 e. The highest BCUT2D eigenvalue weighted by atomic mass is 19.2. The highest BCUT2D eigenvalue weighted by molar-refractivity contribution is 5.94. The molecule has 0 saturated carbocycles. The van der Waals surface area contributed by atoms with Crippen LogP contribution in [-0.2, 0) is 0 Å². The number of aromatic carboxylic acids is 1. The molecule has 2 aromatic rings. The number of para-hydroxylation sites is 1. The van der Waals surface area contributed by atoms with Crippen LogP contribution in [0.2, 0.25) is 0 Å². The Morgan fingerprint density at radius 2 is 1.85 bits per heavy atom. The molecule has 2 rings (SSSR count). The number of hydrogen-bond acceptors (Lipinski definition) is 2. The Morgan fingerprint density at radius 3 is 2.55 bits per heavy atom.